The lowest BCUT2D eigenvalue weighted by Crippen LogP contribution is -2.62. The normalized spacial score (nSPS) is 28.0. The van der Waals surface area contributed by atoms with E-state index in [0.717, 1.165) is 41.6 Å². The number of allylic oxidation sites excluding steroid dienone is 3. The summed E-state index contributed by atoms with van der Waals surface area (Å²) < 4.78 is 0. The maximum absolute atomic E-state index is 14.2. The van der Waals surface area contributed by atoms with Crippen molar-refractivity contribution in [1.82, 2.24) is 9.80 Å². The van der Waals surface area contributed by atoms with Gasteiger partial charge in [0.15, 0.2) is 11.4 Å². The van der Waals surface area contributed by atoms with Crippen LogP contribution >= 0.6 is 0 Å². The summed E-state index contributed by atoms with van der Waals surface area (Å²) in [6.07, 6.45) is 5.15. The third-order valence-electron chi connectivity index (χ3n) is 10.0. The van der Waals surface area contributed by atoms with Crippen molar-refractivity contribution >= 4 is 17.6 Å². The van der Waals surface area contributed by atoms with E-state index in [2.05, 4.69) is 36.7 Å². The van der Waals surface area contributed by atoms with Gasteiger partial charge in [0, 0.05) is 36.5 Å². The molecule has 8 nitrogen and oxygen atoms in total. The molecule has 0 unspecified atom stereocenters. The molecule has 0 saturated carbocycles. The van der Waals surface area contributed by atoms with Crippen LogP contribution in [0.1, 0.15) is 47.7 Å². The van der Waals surface area contributed by atoms with Crippen molar-refractivity contribution in [3.05, 3.63) is 93.5 Å². The fraction of sp³-hybridized carbons (Fsp3) is 0.371. The molecule has 6 rings (SSSR count). The Labute approximate surface area is 252 Å². The van der Waals surface area contributed by atoms with Gasteiger partial charge in [0.05, 0.1) is 17.2 Å². The molecule has 1 saturated heterocycles. The van der Waals surface area contributed by atoms with Crippen LogP contribution in [0.5, 0.6) is 5.75 Å². The van der Waals surface area contributed by atoms with E-state index in [1.54, 1.807) is 25.9 Å². The first-order valence-electron chi connectivity index (χ1n) is 14.8. The maximum Gasteiger partial charge on any atom is 0.204 e. The van der Waals surface area contributed by atoms with E-state index in [9.17, 15) is 24.9 Å². The average molecular weight is 582 g/mol. The molecule has 0 amide bonds. The number of hydrogen-bond acceptors (Lipinski definition) is 8. The highest BCUT2D eigenvalue weighted by Gasteiger charge is 2.60. The van der Waals surface area contributed by atoms with Crippen LogP contribution in [0.4, 0.5) is 0 Å². The number of phenolic OH excluding ortho intramolecular Hbond substituents is 1. The molecule has 3 aliphatic carbocycles. The number of rotatable bonds is 4. The molecule has 8 heteroatoms. The first kappa shape index (κ1) is 29.0. The largest absolute Gasteiger partial charge is 0.510 e. The summed E-state index contributed by atoms with van der Waals surface area (Å²) >= 11 is 0. The van der Waals surface area contributed by atoms with E-state index in [4.69, 9.17) is 5.73 Å². The van der Waals surface area contributed by atoms with Crippen molar-refractivity contribution in [2.24, 2.45) is 17.6 Å². The zero-order valence-electron chi connectivity index (χ0n) is 25.1. The maximum atomic E-state index is 14.2. The molecule has 43 heavy (non-hydrogen) atoms. The number of hydrogen-bond donors (Lipinski definition) is 4. The van der Waals surface area contributed by atoms with Crippen LogP contribution in [0, 0.1) is 11.8 Å². The number of likely N-dealkylation sites (N-methyl/N-ethyl adjacent to an activating group) is 1. The number of ketones is 2. The zero-order chi connectivity index (χ0) is 31.0. The van der Waals surface area contributed by atoms with Gasteiger partial charge in [0.2, 0.25) is 5.78 Å². The Hall–Kier alpha value is -4.14. The number of aromatic hydroxyl groups is 1. The van der Waals surface area contributed by atoms with Crippen LogP contribution in [-0.2, 0) is 11.2 Å². The van der Waals surface area contributed by atoms with Crippen LogP contribution in [-0.4, -0.2) is 76.0 Å². The second-order valence-corrected chi connectivity index (χ2v) is 12.7. The van der Waals surface area contributed by atoms with Crippen LogP contribution in [0.25, 0.3) is 17.2 Å². The topological polar surface area (TPSA) is 127 Å². The number of Topliss-reactive ketones (excluding diaryl/α,β-unsaturated/α-hetero) is 2. The molecule has 1 fully saturated rings. The van der Waals surface area contributed by atoms with Gasteiger partial charge in [-0.25, -0.2) is 0 Å². The number of nitrogens with two attached hydrogens (primary N) is 1. The Morgan fingerprint density at radius 1 is 1.14 bits per heavy atom. The van der Waals surface area contributed by atoms with E-state index < -0.39 is 23.3 Å². The van der Waals surface area contributed by atoms with Gasteiger partial charge in [0.1, 0.15) is 11.5 Å². The average Bonchev–Trinajstić information content (AvgIpc) is 3.35. The number of aliphatic hydroxyl groups is 2. The fourth-order valence-electron chi connectivity index (χ4n) is 7.90. The molecule has 1 heterocycles. The Morgan fingerprint density at radius 3 is 2.44 bits per heavy atom. The summed E-state index contributed by atoms with van der Waals surface area (Å²) in [7, 11) is 5.65. The van der Waals surface area contributed by atoms with Gasteiger partial charge in [-0.1, -0.05) is 36.9 Å². The number of likely N-dealkylation sites (tertiary alicyclic amines) is 1. The minimum absolute atomic E-state index is 0.128. The summed E-state index contributed by atoms with van der Waals surface area (Å²) in [5, 5.41) is 34.3. The van der Waals surface area contributed by atoms with E-state index in [-0.39, 0.29) is 52.0 Å². The van der Waals surface area contributed by atoms with Gasteiger partial charge < -0.3 is 26.0 Å². The van der Waals surface area contributed by atoms with Gasteiger partial charge >= 0.3 is 0 Å². The van der Waals surface area contributed by atoms with Crippen molar-refractivity contribution in [3.63, 3.8) is 0 Å². The monoisotopic (exact) mass is 581 g/mol. The standard InChI is InChI=1S/C35H39N3O5/c1-18-28-22(17-26-31(37(3)4)33(41)29(19(2)36)34(42)35(18,26)43)16-25-24(12-13-27(39)30(25)32(28)40)21-10-8-20(9-11-21)15-23-7-6-14-38(23)5/h8-13,15,22,26,31,39,41,43H,2,6-7,14,16-17,36H2,1,3-5H3/t22-,26-,31+,35+/m0/s1. The molecular formula is C35H39N3O5. The number of phenols is 1. The van der Waals surface area contributed by atoms with Gasteiger partial charge in [0.25, 0.3) is 0 Å². The number of aliphatic hydroxyl groups excluding tert-OH is 1. The van der Waals surface area contributed by atoms with E-state index in [0.29, 0.717) is 12.0 Å². The number of fused-ring (bicyclic) bond motifs is 3. The lowest BCUT2D eigenvalue weighted by atomic mass is 9.56. The molecular weight excluding hydrogens is 542 g/mol. The number of carbonyl (C=O) groups is 2. The van der Waals surface area contributed by atoms with Crippen LogP contribution in [0.3, 0.4) is 0 Å². The number of nitrogens with zero attached hydrogens (tertiary/aromatic N) is 2. The molecule has 2 aromatic rings. The molecule has 0 bridgehead atoms. The molecule has 5 N–H and O–H groups in total. The highest BCUT2D eigenvalue weighted by Crippen LogP contribution is 2.54. The molecule has 2 aromatic carbocycles. The molecule has 0 radical (unpaired) electrons. The zero-order valence-corrected chi connectivity index (χ0v) is 25.1. The Bertz CT molecular complexity index is 1660. The minimum atomic E-state index is -2.05. The van der Waals surface area contributed by atoms with Crippen molar-refractivity contribution in [3.8, 4) is 16.9 Å². The lowest BCUT2D eigenvalue weighted by Gasteiger charge is -2.51. The van der Waals surface area contributed by atoms with E-state index in [1.165, 1.54) is 11.8 Å². The van der Waals surface area contributed by atoms with Gasteiger partial charge in [-0.3, -0.25) is 14.5 Å². The molecule has 4 atom stereocenters. The smallest absolute Gasteiger partial charge is 0.204 e. The fourth-order valence-corrected chi connectivity index (χ4v) is 7.90. The van der Waals surface area contributed by atoms with E-state index >= 15 is 0 Å². The Morgan fingerprint density at radius 2 is 1.84 bits per heavy atom. The quantitative estimate of drug-likeness (QED) is 0.420. The van der Waals surface area contributed by atoms with Crippen LogP contribution in [0.2, 0.25) is 0 Å². The molecule has 224 valence electrons. The van der Waals surface area contributed by atoms with Crippen LogP contribution in [0.15, 0.2) is 76.8 Å². The summed E-state index contributed by atoms with van der Waals surface area (Å²) in [4.78, 5) is 32.0. The van der Waals surface area contributed by atoms with Gasteiger partial charge in [-0.2, -0.15) is 0 Å². The number of benzene rings is 2. The summed E-state index contributed by atoms with van der Waals surface area (Å²) in [5.41, 5.74) is 9.29. The lowest BCUT2D eigenvalue weighted by molar-refractivity contribution is -0.141. The minimum Gasteiger partial charge on any atom is -0.510 e. The van der Waals surface area contributed by atoms with E-state index in [1.807, 2.05) is 18.2 Å². The SMILES string of the molecule is C=C(N)C1=C(O)[C@H](N(C)C)[C@@H]2C[C@@H]3Cc4c(-c5ccc(C=C6CCCN6C)cc5)ccc(O)c4C(=O)C3=C(C)[C@]2(O)C1=O. The summed E-state index contributed by atoms with van der Waals surface area (Å²) in [6.45, 7) is 6.34. The third-order valence-corrected chi connectivity index (χ3v) is 10.0. The summed E-state index contributed by atoms with van der Waals surface area (Å²) in [5.74, 6) is -2.52. The molecule has 0 aromatic heterocycles. The second-order valence-electron chi connectivity index (χ2n) is 12.7. The first-order valence-corrected chi connectivity index (χ1v) is 14.8. The predicted octanol–water partition coefficient (Wildman–Crippen LogP) is 4.35. The van der Waals surface area contributed by atoms with Crippen molar-refractivity contribution < 1.29 is 24.9 Å². The molecule has 0 spiro atoms. The molecule has 4 aliphatic rings. The molecule has 1 aliphatic heterocycles. The van der Waals surface area contributed by atoms with Crippen molar-refractivity contribution in [2.75, 3.05) is 27.7 Å². The highest BCUT2D eigenvalue weighted by atomic mass is 16.3. The van der Waals surface area contributed by atoms with Crippen LogP contribution < -0.4 is 5.73 Å². The Balaban J connectivity index is 1.45. The predicted molar refractivity (Wildman–Crippen MR) is 166 cm³/mol. The third kappa shape index (κ3) is 4.26. The highest BCUT2D eigenvalue weighted by molar-refractivity contribution is 6.17. The first-order chi connectivity index (χ1) is 20.4. The second kappa shape index (κ2) is 10.2. The van der Waals surface area contributed by atoms with Crippen molar-refractivity contribution in [1.29, 1.82) is 0 Å². The summed E-state index contributed by atoms with van der Waals surface area (Å²) in [6, 6.07) is 10.9. The Kier molecular flexibility index (Phi) is 6.90. The van der Waals surface area contributed by atoms with Gasteiger partial charge in [-0.15, -0.1) is 0 Å². The van der Waals surface area contributed by atoms with Gasteiger partial charge in [-0.05, 0) is 92.6 Å². The number of carbonyl (C=O) groups excluding carboxylic acids is 2. The van der Waals surface area contributed by atoms with Crippen molar-refractivity contribution in [2.45, 2.75) is 44.2 Å².